The lowest BCUT2D eigenvalue weighted by molar-refractivity contribution is -0.120. The molecule has 6 heteroatoms. The molecule has 0 saturated carbocycles. The van der Waals surface area contributed by atoms with Gasteiger partial charge in [0.15, 0.2) is 0 Å². The Morgan fingerprint density at radius 3 is 2.58 bits per heavy atom. The summed E-state index contributed by atoms with van der Waals surface area (Å²) in [5, 5.41) is 2.84. The van der Waals surface area contributed by atoms with Crippen molar-refractivity contribution in [2.75, 3.05) is 13.1 Å². The molecule has 0 saturated heterocycles. The summed E-state index contributed by atoms with van der Waals surface area (Å²) in [5.41, 5.74) is 5.40. The summed E-state index contributed by atoms with van der Waals surface area (Å²) in [4.78, 5) is 12.9. The first-order valence-corrected chi connectivity index (χ1v) is 7.70. The first kappa shape index (κ1) is 18.8. The van der Waals surface area contributed by atoms with Crippen LogP contribution in [0.5, 0.6) is 0 Å². The maximum Gasteiger partial charge on any atom is 0.233 e. The third-order valence-electron chi connectivity index (χ3n) is 2.43. The third-order valence-corrected chi connectivity index (χ3v) is 4.07. The summed E-state index contributed by atoms with van der Waals surface area (Å²) in [6.45, 7) is 3.31. The molecule has 3 nitrogen and oxygen atoms in total. The van der Waals surface area contributed by atoms with E-state index in [1.54, 1.807) is 11.8 Å². The van der Waals surface area contributed by atoms with E-state index in [4.69, 9.17) is 5.73 Å². The summed E-state index contributed by atoms with van der Waals surface area (Å²) in [6, 6.07) is 7.97. The van der Waals surface area contributed by atoms with Crippen molar-refractivity contribution in [1.82, 2.24) is 5.32 Å². The molecule has 0 aliphatic carbocycles. The number of unbranched alkanes of at least 4 members (excludes halogenated alkanes) is 1. The van der Waals surface area contributed by atoms with E-state index in [1.807, 2.05) is 31.2 Å². The first-order chi connectivity index (χ1) is 8.63. The molecule has 0 aliphatic heterocycles. The molecule has 0 aliphatic rings. The van der Waals surface area contributed by atoms with Crippen LogP contribution in [0.2, 0.25) is 0 Å². The van der Waals surface area contributed by atoms with E-state index in [9.17, 15) is 4.79 Å². The average molecular weight is 368 g/mol. The highest BCUT2D eigenvalue weighted by atomic mass is 79.9. The van der Waals surface area contributed by atoms with Crippen molar-refractivity contribution in [1.29, 1.82) is 0 Å². The highest BCUT2D eigenvalue weighted by molar-refractivity contribution is 9.10. The van der Waals surface area contributed by atoms with E-state index in [2.05, 4.69) is 21.2 Å². The van der Waals surface area contributed by atoms with Crippen molar-refractivity contribution in [3.63, 3.8) is 0 Å². The number of rotatable bonds is 7. The Kier molecular flexibility index (Phi) is 10.4. The van der Waals surface area contributed by atoms with Crippen LogP contribution >= 0.6 is 40.1 Å². The van der Waals surface area contributed by atoms with Crippen molar-refractivity contribution < 1.29 is 4.79 Å². The Hall–Kier alpha value is -0.230. The number of carbonyl (C=O) groups excluding carboxylic acids is 1. The number of carbonyl (C=O) groups is 1. The van der Waals surface area contributed by atoms with Crippen LogP contribution in [0, 0.1) is 0 Å². The van der Waals surface area contributed by atoms with Crippen LogP contribution in [0.1, 0.15) is 19.8 Å². The zero-order valence-corrected chi connectivity index (χ0v) is 14.1. The minimum atomic E-state index is -0.0796. The van der Waals surface area contributed by atoms with E-state index in [1.165, 1.54) is 0 Å². The van der Waals surface area contributed by atoms with Crippen molar-refractivity contribution >= 4 is 46.0 Å². The fraction of sp³-hybridized carbons (Fsp3) is 0.462. The molecule has 0 fully saturated rings. The van der Waals surface area contributed by atoms with Gasteiger partial charge in [0.2, 0.25) is 5.91 Å². The molecule has 1 rings (SSSR count). The van der Waals surface area contributed by atoms with E-state index in [0.717, 1.165) is 22.2 Å². The molecule has 1 amide bonds. The van der Waals surface area contributed by atoms with Crippen LogP contribution in [0.3, 0.4) is 0 Å². The molecule has 0 spiro atoms. The second-order valence-corrected chi connectivity index (χ2v) is 6.33. The molecule has 3 N–H and O–H groups in total. The monoisotopic (exact) mass is 366 g/mol. The summed E-state index contributed by atoms with van der Waals surface area (Å²) in [7, 11) is 0. The highest BCUT2D eigenvalue weighted by Crippen LogP contribution is 2.24. The average Bonchev–Trinajstić information content (AvgIpc) is 2.37. The fourth-order valence-corrected chi connectivity index (χ4v) is 2.55. The van der Waals surface area contributed by atoms with Gasteiger partial charge in [0.25, 0.3) is 0 Å². The van der Waals surface area contributed by atoms with Crippen molar-refractivity contribution in [2.24, 2.45) is 5.73 Å². The predicted molar refractivity (Wildman–Crippen MR) is 88.0 cm³/mol. The summed E-state index contributed by atoms with van der Waals surface area (Å²) < 4.78 is 1.05. The zero-order valence-electron chi connectivity index (χ0n) is 10.9. The molecule has 0 heterocycles. The molecule has 1 atom stereocenters. The Labute approximate surface area is 133 Å². The van der Waals surface area contributed by atoms with Gasteiger partial charge in [-0.05, 0) is 50.6 Å². The Morgan fingerprint density at radius 1 is 1.37 bits per heavy atom. The lowest BCUT2D eigenvalue weighted by Gasteiger charge is -2.11. The van der Waals surface area contributed by atoms with Gasteiger partial charge < -0.3 is 11.1 Å². The number of benzene rings is 1. The lowest BCUT2D eigenvalue weighted by Crippen LogP contribution is -2.31. The SMILES string of the molecule is CC(Sc1ccc(Br)cc1)C(=O)NCCCCN.Cl. The molecule has 1 unspecified atom stereocenters. The van der Waals surface area contributed by atoms with Gasteiger partial charge in [-0.25, -0.2) is 0 Å². The number of nitrogens with one attached hydrogen (secondary N) is 1. The second-order valence-electron chi connectivity index (χ2n) is 4.00. The third kappa shape index (κ3) is 7.82. The molecule has 0 bridgehead atoms. The van der Waals surface area contributed by atoms with Crippen LogP contribution in [-0.4, -0.2) is 24.2 Å². The van der Waals surface area contributed by atoms with Gasteiger partial charge in [0.05, 0.1) is 5.25 Å². The number of thioether (sulfide) groups is 1. The van der Waals surface area contributed by atoms with Crippen LogP contribution in [0.15, 0.2) is 33.6 Å². The smallest absolute Gasteiger partial charge is 0.233 e. The van der Waals surface area contributed by atoms with E-state index >= 15 is 0 Å². The van der Waals surface area contributed by atoms with Crippen LogP contribution in [0.25, 0.3) is 0 Å². The Balaban J connectivity index is 0.00000324. The van der Waals surface area contributed by atoms with E-state index < -0.39 is 0 Å². The Morgan fingerprint density at radius 2 is 2.00 bits per heavy atom. The molecule has 108 valence electrons. The van der Waals surface area contributed by atoms with Gasteiger partial charge in [-0.2, -0.15) is 0 Å². The lowest BCUT2D eigenvalue weighted by atomic mass is 10.3. The summed E-state index contributed by atoms with van der Waals surface area (Å²) >= 11 is 4.96. The van der Waals surface area contributed by atoms with Crippen molar-refractivity contribution in [3.05, 3.63) is 28.7 Å². The Bertz CT molecular complexity index is 375. The minimum absolute atomic E-state index is 0. The highest BCUT2D eigenvalue weighted by Gasteiger charge is 2.13. The first-order valence-electron chi connectivity index (χ1n) is 6.03. The van der Waals surface area contributed by atoms with Crippen LogP contribution in [-0.2, 0) is 4.79 Å². The molecular weight excluding hydrogens is 348 g/mol. The van der Waals surface area contributed by atoms with Gasteiger partial charge in [-0.3, -0.25) is 4.79 Å². The van der Waals surface area contributed by atoms with Gasteiger partial charge in [-0.1, -0.05) is 15.9 Å². The molecule has 19 heavy (non-hydrogen) atoms. The van der Waals surface area contributed by atoms with Crippen LogP contribution < -0.4 is 11.1 Å². The quantitative estimate of drug-likeness (QED) is 0.575. The fourth-order valence-electron chi connectivity index (χ4n) is 1.40. The maximum atomic E-state index is 11.8. The topological polar surface area (TPSA) is 55.1 Å². The number of amides is 1. The van der Waals surface area contributed by atoms with Crippen molar-refractivity contribution in [2.45, 2.75) is 29.9 Å². The molecule has 0 aromatic heterocycles. The molecular formula is C13H20BrClN2OS. The number of hydrogen-bond donors (Lipinski definition) is 2. The standard InChI is InChI=1S/C13H19BrN2OS.ClH/c1-10(13(17)16-9-3-2-8-15)18-12-6-4-11(14)5-7-12;/h4-7,10H,2-3,8-9,15H2,1H3,(H,16,17);1H. The molecule has 1 aromatic rings. The van der Waals surface area contributed by atoms with Crippen LogP contribution in [0.4, 0.5) is 0 Å². The molecule has 0 radical (unpaired) electrons. The van der Waals surface area contributed by atoms with Gasteiger partial charge in [0, 0.05) is 15.9 Å². The summed E-state index contributed by atoms with van der Waals surface area (Å²) in [6.07, 6.45) is 1.90. The second kappa shape index (κ2) is 10.5. The van der Waals surface area contributed by atoms with E-state index in [0.29, 0.717) is 13.1 Å². The molecule has 1 aromatic carbocycles. The number of nitrogens with two attached hydrogens (primary N) is 1. The zero-order chi connectivity index (χ0) is 13.4. The minimum Gasteiger partial charge on any atom is -0.355 e. The van der Waals surface area contributed by atoms with Gasteiger partial charge in [-0.15, -0.1) is 24.2 Å². The number of hydrogen-bond acceptors (Lipinski definition) is 3. The maximum absolute atomic E-state index is 11.8. The van der Waals surface area contributed by atoms with Gasteiger partial charge in [0.1, 0.15) is 0 Å². The van der Waals surface area contributed by atoms with E-state index in [-0.39, 0.29) is 23.6 Å². The van der Waals surface area contributed by atoms with Gasteiger partial charge >= 0.3 is 0 Å². The number of halogens is 2. The van der Waals surface area contributed by atoms with Crippen molar-refractivity contribution in [3.8, 4) is 0 Å². The normalized spacial score (nSPS) is 11.5. The summed E-state index contributed by atoms with van der Waals surface area (Å²) in [5.74, 6) is 0.0833. The largest absolute Gasteiger partial charge is 0.355 e. The predicted octanol–water partition coefficient (Wildman–Crippen LogP) is 3.21.